The van der Waals surface area contributed by atoms with Crippen LogP contribution in [-0.2, 0) is 6.42 Å². The quantitative estimate of drug-likeness (QED) is 0.845. The molecule has 0 atom stereocenters. The molecule has 2 aromatic rings. The number of anilines is 2. The summed E-state index contributed by atoms with van der Waals surface area (Å²) in [5.74, 6) is 0.518. The lowest BCUT2D eigenvalue weighted by atomic mass is 10.1. The van der Waals surface area contributed by atoms with E-state index >= 15 is 0 Å². The molecule has 1 aliphatic rings. The fourth-order valence-electron chi connectivity index (χ4n) is 2.60. The zero-order valence-corrected chi connectivity index (χ0v) is 11.2. The minimum Gasteiger partial charge on any atom is -0.382 e. The number of aryl methyl sites for hydroxylation is 1. The lowest BCUT2D eigenvalue weighted by Crippen LogP contribution is -2.43. The first-order chi connectivity index (χ1) is 9.29. The van der Waals surface area contributed by atoms with Crippen LogP contribution in [0.3, 0.4) is 0 Å². The fourth-order valence-corrected chi connectivity index (χ4v) is 2.60. The number of hydrogen-bond acceptors (Lipinski definition) is 5. The number of piperazine rings is 1. The first kappa shape index (κ1) is 12.2. The molecule has 1 saturated heterocycles. The third-order valence-corrected chi connectivity index (χ3v) is 3.69. The summed E-state index contributed by atoms with van der Waals surface area (Å²) < 4.78 is 0. The van der Waals surface area contributed by atoms with Crippen molar-refractivity contribution in [3.63, 3.8) is 0 Å². The van der Waals surface area contributed by atoms with Crippen molar-refractivity contribution in [1.29, 1.82) is 0 Å². The number of nitrogens with one attached hydrogen (secondary N) is 1. The molecule has 0 spiro atoms. The largest absolute Gasteiger partial charge is 0.382 e. The molecule has 0 unspecified atom stereocenters. The van der Waals surface area contributed by atoms with Gasteiger partial charge in [0.1, 0.15) is 0 Å². The van der Waals surface area contributed by atoms with Crippen LogP contribution in [0.2, 0.25) is 0 Å². The smallest absolute Gasteiger partial charge is 0.154 e. The molecule has 1 fully saturated rings. The van der Waals surface area contributed by atoms with Gasteiger partial charge in [0, 0.05) is 42.6 Å². The molecular formula is C14H19N5. The number of benzene rings is 1. The molecule has 19 heavy (non-hydrogen) atoms. The van der Waals surface area contributed by atoms with E-state index in [0.717, 1.165) is 49.1 Å². The minimum atomic E-state index is 0.518. The van der Waals surface area contributed by atoms with Crippen molar-refractivity contribution in [3.8, 4) is 0 Å². The molecular weight excluding hydrogens is 238 g/mol. The Kier molecular flexibility index (Phi) is 3.21. The van der Waals surface area contributed by atoms with Gasteiger partial charge >= 0.3 is 0 Å². The van der Waals surface area contributed by atoms with Gasteiger partial charge in [-0.15, -0.1) is 5.10 Å². The molecule has 0 saturated carbocycles. The molecule has 100 valence electrons. The van der Waals surface area contributed by atoms with Gasteiger partial charge in [-0.3, -0.25) is 0 Å². The Bertz CT molecular complexity index is 590. The number of nitrogens with zero attached hydrogens (tertiary/aromatic N) is 3. The van der Waals surface area contributed by atoms with E-state index in [9.17, 15) is 0 Å². The third kappa shape index (κ3) is 2.21. The van der Waals surface area contributed by atoms with Crippen LogP contribution in [0.25, 0.3) is 10.8 Å². The van der Waals surface area contributed by atoms with Crippen LogP contribution in [0.4, 0.5) is 11.5 Å². The molecule has 0 bridgehead atoms. The second-order valence-electron chi connectivity index (χ2n) is 4.85. The molecule has 5 heteroatoms. The van der Waals surface area contributed by atoms with Crippen molar-refractivity contribution in [3.05, 3.63) is 23.9 Å². The van der Waals surface area contributed by atoms with E-state index in [0.29, 0.717) is 5.82 Å². The highest BCUT2D eigenvalue weighted by Crippen LogP contribution is 2.27. The predicted octanol–water partition coefficient (Wildman–Crippen LogP) is 1.18. The molecule has 3 N–H and O–H groups in total. The van der Waals surface area contributed by atoms with Gasteiger partial charge in [-0.2, -0.15) is 5.10 Å². The van der Waals surface area contributed by atoms with Gasteiger partial charge in [0.05, 0.1) is 5.69 Å². The summed E-state index contributed by atoms with van der Waals surface area (Å²) >= 11 is 0. The van der Waals surface area contributed by atoms with Crippen LogP contribution >= 0.6 is 0 Å². The highest BCUT2D eigenvalue weighted by molar-refractivity contribution is 5.94. The standard InChI is InChI=1S/C14H19N5/c1-2-13-11-4-3-10(19-7-5-16-6-8-19)9-12(11)14(15)18-17-13/h3-4,9,16H,2,5-8H2,1H3,(H2,15,18). The van der Waals surface area contributed by atoms with E-state index in [1.54, 1.807) is 0 Å². The Hall–Kier alpha value is -1.88. The van der Waals surface area contributed by atoms with Crippen LogP contribution in [0.5, 0.6) is 0 Å². The van der Waals surface area contributed by atoms with E-state index in [1.807, 2.05) is 0 Å². The van der Waals surface area contributed by atoms with Crippen LogP contribution in [0.15, 0.2) is 18.2 Å². The zero-order valence-electron chi connectivity index (χ0n) is 11.2. The zero-order chi connectivity index (χ0) is 13.2. The second-order valence-corrected chi connectivity index (χ2v) is 4.85. The van der Waals surface area contributed by atoms with Crippen molar-refractivity contribution in [1.82, 2.24) is 15.5 Å². The van der Waals surface area contributed by atoms with E-state index in [-0.39, 0.29) is 0 Å². The third-order valence-electron chi connectivity index (χ3n) is 3.69. The molecule has 1 aromatic carbocycles. The topological polar surface area (TPSA) is 67.1 Å². The molecule has 0 radical (unpaired) electrons. The number of aromatic nitrogens is 2. The first-order valence-corrected chi connectivity index (χ1v) is 6.80. The number of nitrogens with two attached hydrogens (primary N) is 1. The van der Waals surface area contributed by atoms with Crippen molar-refractivity contribution >= 4 is 22.3 Å². The van der Waals surface area contributed by atoms with Crippen LogP contribution in [0.1, 0.15) is 12.6 Å². The average molecular weight is 257 g/mol. The van der Waals surface area contributed by atoms with Gasteiger partial charge in [-0.1, -0.05) is 13.0 Å². The van der Waals surface area contributed by atoms with Gasteiger partial charge in [0.2, 0.25) is 0 Å². The maximum absolute atomic E-state index is 5.97. The lowest BCUT2D eigenvalue weighted by Gasteiger charge is -2.29. The summed E-state index contributed by atoms with van der Waals surface area (Å²) in [4.78, 5) is 2.38. The van der Waals surface area contributed by atoms with Gasteiger partial charge in [-0.05, 0) is 18.6 Å². The predicted molar refractivity (Wildman–Crippen MR) is 78.4 cm³/mol. The van der Waals surface area contributed by atoms with Crippen molar-refractivity contribution in [2.45, 2.75) is 13.3 Å². The normalized spacial score (nSPS) is 15.9. The van der Waals surface area contributed by atoms with Crippen LogP contribution in [0, 0.1) is 0 Å². The maximum atomic E-state index is 5.97. The van der Waals surface area contributed by atoms with Gasteiger partial charge in [0.25, 0.3) is 0 Å². The van der Waals surface area contributed by atoms with Crippen LogP contribution < -0.4 is 16.0 Å². The van der Waals surface area contributed by atoms with Gasteiger partial charge in [0.15, 0.2) is 5.82 Å². The number of fused-ring (bicyclic) bond motifs is 1. The molecule has 5 nitrogen and oxygen atoms in total. The molecule has 3 rings (SSSR count). The molecule has 1 aromatic heterocycles. The summed E-state index contributed by atoms with van der Waals surface area (Å²) in [6.07, 6.45) is 0.872. The lowest BCUT2D eigenvalue weighted by molar-refractivity contribution is 0.589. The average Bonchev–Trinajstić information content (AvgIpc) is 2.48. The Labute approximate surface area is 112 Å². The Balaban J connectivity index is 2.07. The van der Waals surface area contributed by atoms with E-state index in [4.69, 9.17) is 5.73 Å². The molecule has 0 aliphatic carbocycles. The van der Waals surface area contributed by atoms with Crippen LogP contribution in [-0.4, -0.2) is 36.4 Å². The highest BCUT2D eigenvalue weighted by atomic mass is 15.2. The number of rotatable bonds is 2. The van der Waals surface area contributed by atoms with E-state index in [1.165, 1.54) is 5.69 Å². The van der Waals surface area contributed by atoms with Crippen molar-refractivity contribution in [2.75, 3.05) is 36.8 Å². The molecule has 1 aliphatic heterocycles. The molecule has 0 amide bonds. The Morgan fingerprint density at radius 1 is 1.21 bits per heavy atom. The molecule has 2 heterocycles. The van der Waals surface area contributed by atoms with E-state index in [2.05, 4.69) is 45.5 Å². The Morgan fingerprint density at radius 3 is 2.74 bits per heavy atom. The number of hydrogen-bond donors (Lipinski definition) is 2. The van der Waals surface area contributed by atoms with E-state index < -0.39 is 0 Å². The second kappa shape index (κ2) is 5.01. The Morgan fingerprint density at radius 2 is 2.00 bits per heavy atom. The van der Waals surface area contributed by atoms with Crippen molar-refractivity contribution in [2.24, 2.45) is 0 Å². The highest BCUT2D eigenvalue weighted by Gasteiger charge is 2.13. The van der Waals surface area contributed by atoms with Gasteiger partial charge < -0.3 is 16.0 Å². The summed E-state index contributed by atoms with van der Waals surface area (Å²) in [5.41, 5.74) is 8.20. The van der Waals surface area contributed by atoms with Crippen molar-refractivity contribution < 1.29 is 0 Å². The van der Waals surface area contributed by atoms with Gasteiger partial charge in [-0.25, -0.2) is 0 Å². The first-order valence-electron chi connectivity index (χ1n) is 6.80. The maximum Gasteiger partial charge on any atom is 0.154 e. The summed E-state index contributed by atoms with van der Waals surface area (Å²) in [5, 5.41) is 13.7. The SMILES string of the molecule is CCc1nnc(N)c2cc(N3CCNCC3)ccc12. The minimum absolute atomic E-state index is 0.518. The summed E-state index contributed by atoms with van der Waals surface area (Å²) in [6, 6.07) is 6.42. The summed E-state index contributed by atoms with van der Waals surface area (Å²) in [7, 11) is 0. The fraction of sp³-hybridized carbons (Fsp3) is 0.429. The number of nitrogen functional groups attached to an aromatic ring is 1. The summed E-state index contributed by atoms with van der Waals surface area (Å²) in [6.45, 7) is 6.21. The monoisotopic (exact) mass is 257 g/mol.